The lowest BCUT2D eigenvalue weighted by Gasteiger charge is -2.10. The molecule has 5 aromatic heterocycles. The number of ether oxygens (including phenoxy) is 1. The predicted molar refractivity (Wildman–Crippen MR) is 149 cm³/mol. The first-order chi connectivity index (χ1) is 19.5. The number of aryl methyl sites for hydroxylation is 1. The van der Waals surface area contributed by atoms with Crippen LogP contribution in [0.4, 0.5) is 8.78 Å². The first-order valence-corrected chi connectivity index (χ1v) is 13.4. The van der Waals surface area contributed by atoms with Gasteiger partial charge in [-0.2, -0.15) is 0 Å². The van der Waals surface area contributed by atoms with E-state index in [0.717, 1.165) is 27.8 Å². The molecule has 0 fully saturated rings. The highest BCUT2D eigenvalue weighted by atomic mass is 32.1. The molecular formula is C30H21F2N5O2S. The second-order valence-electron chi connectivity index (χ2n) is 9.40. The number of hydrogen-bond acceptors (Lipinski definition) is 7. The molecule has 0 bridgehead atoms. The minimum atomic E-state index is -2.64. The lowest BCUT2D eigenvalue weighted by Crippen LogP contribution is -1.98. The monoisotopic (exact) mass is 553 g/mol. The zero-order chi connectivity index (χ0) is 27.2. The Morgan fingerprint density at radius 1 is 1.00 bits per heavy atom. The standard InChI is InChI=1S/C30H21F2N5O2S/c1-17-13-21(27(31)32)34-30-24(17)25-26(40-30)29-35-28(36-37(29)16-33-25)23-12-11-20(39-23)15-38-22-10-6-5-9-19(22)14-18-7-3-2-4-8-18/h2-13,16,27H,14-15H2,1H3. The molecular weight excluding hydrogens is 532 g/mol. The average molecular weight is 554 g/mol. The molecule has 0 saturated carbocycles. The largest absolute Gasteiger partial charge is 0.485 e. The van der Waals surface area contributed by atoms with Gasteiger partial charge in [-0.15, -0.1) is 16.4 Å². The number of aromatic nitrogens is 5. The molecule has 5 heterocycles. The molecule has 0 atom stereocenters. The summed E-state index contributed by atoms with van der Waals surface area (Å²) in [6.07, 6.45) is -0.308. The third-order valence-electron chi connectivity index (χ3n) is 6.67. The zero-order valence-electron chi connectivity index (χ0n) is 21.2. The molecule has 0 unspecified atom stereocenters. The van der Waals surface area contributed by atoms with Gasteiger partial charge in [0.15, 0.2) is 11.4 Å². The predicted octanol–water partition coefficient (Wildman–Crippen LogP) is 7.56. The number of rotatable bonds is 7. The maximum absolute atomic E-state index is 13.3. The molecule has 0 aliphatic carbocycles. The molecule has 0 spiro atoms. The van der Waals surface area contributed by atoms with E-state index in [4.69, 9.17) is 14.1 Å². The molecule has 7 aromatic rings. The maximum Gasteiger partial charge on any atom is 0.280 e. The van der Waals surface area contributed by atoms with Crippen LogP contribution < -0.4 is 4.74 Å². The molecule has 0 amide bonds. The van der Waals surface area contributed by atoms with E-state index in [1.54, 1.807) is 23.8 Å². The number of halogens is 2. The normalized spacial score (nSPS) is 11.8. The van der Waals surface area contributed by atoms with Gasteiger partial charge < -0.3 is 9.15 Å². The summed E-state index contributed by atoms with van der Waals surface area (Å²) in [6.45, 7) is 2.04. The van der Waals surface area contributed by atoms with Crippen molar-refractivity contribution in [3.8, 4) is 17.3 Å². The second kappa shape index (κ2) is 9.80. The van der Waals surface area contributed by atoms with Crippen molar-refractivity contribution in [3.05, 3.63) is 107 Å². The van der Waals surface area contributed by atoms with Crippen molar-refractivity contribution in [1.82, 2.24) is 24.6 Å². The van der Waals surface area contributed by atoms with Crippen LogP contribution in [-0.4, -0.2) is 24.6 Å². The third-order valence-corrected chi connectivity index (χ3v) is 7.74. The Morgan fingerprint density at radius 2 is 1.82 bits per heavy atom. The Balaban J connectivity index is 1.16. The van der Waals surface area contributed by atoms with Gasteiger partial charge in [0.25, 0.3) is 6.43 Å². The Kier molecular flexibility index (Phi) is 5.96. The number of para-hydroxylation sites is 1. The third kappa shape index (κ3) is 4.36. The topological polar surface area (TPSA) is 78.3 Å². The molecule has 0 N–H and O–H groups in total. The van der Waals surface area contributed by atoms with Crippen LogP contribution in [0.5, 0.6) is 5.75 Å². The Bertz CT molecular complexity index is 2000. The Labute approximate surface area is 230 Å². The first kappa shape index (κ1) is 24.3. The summed E-state index contributed by atoms with van der Waals surface area (Å²) in [5, 5.41) is 5.29. The molecule has 0 saturated heterocycles. The highest BCUT2D eigenvalue weighted by Crippen LogP contribution is 2.37. The van der Waals surface area contributed by atoms with Gasteiger partial charge in [-0.3, -0.25) is 0 Å². The van der Waals surface area contributed by atoms with Crippen LogP contribution in [0, 0.1) is 6.92 Å². The maximum atomic E-state index is 13.3. The summed E-state index contributed by atoms with van der Waals surface area (Å²) in [5.41, 5.74) is 3.98. The van der Waals surface area contributed by atoms with Crippen LogP contribution in [-0.2, 0) is 13.0 Å². The van der Waals surface area contributed by atoms with Crippen LogP contribution in [0.3, 0.4) is 0 Å². The summed E-state index contributed by atoms with van der Waals surface area (Å²) in [4.78, 5) is 13.9. The van der Waals surface area contributed by atoms with Crippen molar-refractivity contribution in [2.75, 3.05) is 0 Å². The van der Waals surface area contributed by atoms with Crippen molar-refractivity contribution in [2.45, 2.75) is 26.4 Å². The van der Waals surface area contributed by atoms with E-state index in [2.05, 4.69) is 33.3 Å². The van der Waals surface area contributed by atoms with Crippen molar-refractivity contribution in [2.24, 2.45) is 0 Å². The van der Waals surface area contributed by atoms with E-state index in [1.165, 1.54) is 23.0 Å². The highest BCUT2D eigenvalue weighted by molar-refractivity contribution is 7.26. The number of hydrogen-bond donors (Lipinski definition) is 0. The number of benzene rings is 2. The van der Waals surface area contributed by atoms with Gasteiger partial charge in [0.05, 0.1) is 5.52 Å². The number of fused-ring (bicyclic) bond motifs is 5. The van der Waals surface area contributed by atoms with E-state index in [0.29, 0.717) is 38.9 Å². The van der Waals surface area contributed by atoms with Crippen LogP contribution in [0.25, 0.3) is 37.7 Å². The van der Waals surface area contributed by atoms with Gasteiger partial charge in [0, 0.05) is 11.8 Å². The van der Waals surface area contributed by atoms with E-state index < -0.39 is 6.43 Å². The number of alkyl halides is 2. The zero-order valence-corrected chi connectivity index (χ0v) is 22.0. The molecule has 0 aliphatic heterocycles. The molecule has 7 rings (SSSR count). The number of furan rings is 1. The van der Waals surface area contributed by atoms with Gasteiger partial charge in [-0.25, -0.2) is 28.2 Å². The molecule has 2 aromatic carbocycles. The van der Waals surface area contributed by atoms with Crippen molar-refractivity contribution >= 4 is 37.4 Å². The highest BCUT2D eigenvalue weighted by Gasteiger charge is 2.20. The van der Waals surface area contributed by atoms with Crippen LogP contribution in [0.15, 0.2) is 83.5 Å². The van der Waals surface area contributed by atoms with Crippen LogP contribution in [0.1, 0.15) is 34.6 Å². The van der Waals surface area contributed by atoms with Gasteiger partial charge >= 0.3 is 0 Å². The van der Waals surface area contributed by atoms with E-state index in [9.17, 15) is 8.78 Å². The summed E-state index contributed by atoms with van der Waals surface area (Å²) in [5.74, 6) is 2.31. The first-order valence-electron chi connectivity index (χ1n) is 12.6. The fraction of sp³-hybridized carbons (Fsp3) is 0.133. The minimum absolute atomic E-state index is 0.247. The molecule has 10 heteroatoms. The van der Waals surface area contributed by atoms with Crippen LogP contribution >= 0.6 is 11.3 Å². The Hall–Kier alpha value is -4.70. The van der Waals surface area contributed by atoms with Gasteiger partial charge in [-0.05, 0) is 47.9 Å². The van der Waals surface area contributed by atoms with Crippen molar-refractivity contribution < 1.29 is 17.9 Å². The number of thiophene rings is 1. The molecule has 198 valence electrons. The fourth-order valence-electron chi connectivity index (χ4n) is 4.78. The molecule has 40 heavy (non-hydrogen) atoms. The fourth-order valence-corrected chi connectivity index (χ4v) is 5.97. The summed E-state index contributed by atoms with van der Waals surface area (Å²) >= 11 is 1.28. The van der Waals surface area contributed by atoms with E-state index in [1.807, 2.05) is 42.5 Å². The second-order valence-corrected chi connectivity index (χ2v) is 10.4. The molecule has 7 nitrogen and oxygen atoms in total. The summed E-state index contributed by atoms with van der Waals surface area (Å²) in [6, 6.07) is 23.3. The number of pyridine rings is 1. The minimum Gasteiger partial charge on any atom is -0.485 e. The average Bonchev–Trinajstić information content (AvgIpc) is 3.69. The summed E-state index contributed by atoms with van der Waals surface area (Å²) < 4.78 is 41.1. The molecule has 0 aliphatic rings. The van der Waals surface area contributed by atoms with Gasteiger partial charge in [-0.1, -0.05) is 48.5 Å². The summed E-state index contributed by atoms with van der Waals surface area (Å²) in [7, 11) is 0. The van der Waals surface area contributed by atoms with E-state index in [-0.39, 0.29) is 12.3 Å². The Morgan fingerprint density at radius 3 is 2.67 bits per heavy atom. The number of nitrogens with zero attached hydrogens (tertiary/aromatic N) is 5. The quantitative estimate of drug-likeness (QED) is 0.203. The lowest BCUT2D eigenvalue weighted by atomic mass is 10.0. The van der Waals surface area contributed by atoms with Gasteiger partial charge in [0.2, 0.25) is 5.82 Å². The van der Waals surface area contributed by atoms with Crippen molar-refractivity contribution in [3.63, 3.8) is 0 Å². The lowest BCUT2D eigenvalue weighted by molar-refractivity contribution is 0.146. The van der Waals surface area contributed by atoms with Crippen molar-refractivity contribution in [1.29, 1.82) is 0 Å². The SMILES string of the molecule is Cc1cc(C(F)F)nc2sc3c(ncn4nc(-c5ccc(COc6ccccc6Cc6ccccc6)o5)nc34)c12. The smallest absolute Gasteiger partial charge is 0.280 e. The van der Waals surface area contributed by atoms with Crippen LogP contribution in [0.2, 0.25) is 0 Å². The molecule has 0 radical (unpaired) electrons. The van der Waals surface area contributed by atoms with Gasteiger partial charge in [0.1, 0.15) is 39.7 Å². The van der Waals surface area contributed by atoms with E-state index >= 15 is 0 Å².